The standard InChI is InChI=1S/C17H22N2O6/c1-3-5-7-23-15-10-13(14-9-12(17(20)21)18-25-14)19(22)11-16(15)24-8-6-4-2/h9-11H,3-8H2,1-2H3,(H-,18,20,21,22)/p+1. The molecule has 0 bridgehead atoms. The number of nitrogens with zero attached hydrogens (tertiary/aromatic N) is 2. The van der Waals surface area contributed by atoms with Crippen molar-refractivity contribution in [2.45, 2.75) is 39.5 Å². The molecular formula is C17H23N2O6+. The van der Waals surface area contributed by atoms with E-state index in [9.17, 15) is 10.0 Å². The Kier molecular flexibility index (Phi) is 6.62. The van der Waals surface area contributed by atoms with E-state index >= 15 is 0 Å². The molecule has 2 aromatic rings. The number of aromatic nitrogens is 2. The van der Waals surface area contributed by atoms with E-state index in [4.69, 9.17) is 19.1 Å². The molecule has 136 valence electrons. The van der Waals surface area contributed by atoms with Crippen LogP contribution >= 0.6 is 0 Å². The molecule has 0 aliphatic carbocycles. The largest absolute Gasteiger partial charge is 0.489 e. The average Bonchev–Trinajstić information content (AvgIpc) is 3.07. The maximum Gasteiger partial charge on any atom is 0.358 e. The molecule has 0 radical (unpaired) electrons. The van der Waals surface area contributed by atoms with E-state index in [1.54, 1.807) is 6.07 Å². The minimum atomic E-state index is -1.21. The van der Waals surface area contributed by atoms with E-state index in [1.807, 2.05) is 0 Å². The van der Waals surface area contributed by atoms with Gasteiger partial charge in [0.05, 0.1) is 19.3 Å². The van der Waals surface area contributed by atoms with Crippen LogP contribution in [-0.2, 0) is 0 Å². The summed E-state index contributed by atoms with van der Waals surface area (Å²) >= 11 is 0. The Balaban J connectivity index is 2.32. The van der Waals surface area contributed by atoms with E-state index in [0.29, 0.717) is 24.7 Å². The van der Waals surface area contributed by atoms with E-state index in [0.717, 1.165) is 30.4 Å². The van der Waals surface area contributed by atoms with Crippen LogP contribution in [0.25, 0.3) is 11.5 Å². The highest BCUT2D eigenvalue weighted by molar-refractivity contribution is 5.86. The van der Waals surface area contributed by atoms with Crippen LogP contribution in [-0.4, -0.2) is 34.7 Å². The zero-order chi connectivity index (χ0) is 18.2. The third kappa shape index (κ3) is 4.85. The fourth-order valence-electron chi connectivity index (χ4n) is 2.06. The van der Waals surface area contributed by atoms with Gasteiger partial charge in [-0.2, -0.15) is 0 Å². The molecule has 0 aliphatic rings. The highest BCUT2D eigenvalue weighted by Gasteiger charge is 2.25. The van der Waals surface area contributed by atoms with Crippen LogP contribution in [0.2, 0.25) is 0 Å². The van der Waals surface area contributed by atoms with Crippen molar-refractivity contribution in [1.82, 2.24) is 5.16 Å². The molecule has 8 nitrogen and oxygen atoms in total. The van der Waals surface area contributed by atoms with Gasteiger partial charge in [0.1, 0.15) is 0 Å². The third-order valence-electron chi connectivity index (χ3n) is 3.49. The second-order valence-corrected chi connectivity index (χ2v) is 5.52. The molecule has 0 saturated carbocycles. The van der Waals surface area contributed by atoms with Gasteiger partial charge in [-0.3, -0.25) is 5.21 Å². The van der Waals surface area contributed by atoms with Crippen molar-refractivity contribution in [1.29, 1.82) is 0 Å². The van der Waals surface area contributed by atoms with Crippen molar-refractivity contribution in [2.24, 2.45) is 0 Å². The summed E-state index contributed by atoms with van der Waals surface area (Å²) < 4.78 is 17.2. The summed E-state index contributed by atoms with van der Waals surface area (Å²) in [5, 5.41) is 22.6. The summed E-state index contributed by atoms with van der Waals surface area (Å²) in [4.78, 5) is 10.9. The van der Waals surface area contributed by atoms with Gasteiger partial charge in [-0.25, -0.2) is 4.79 Å². The molecule has 0 saturated heterocycles. The fourth-order valence-corrected chi connectivity index (χ4v) is 2.06. The minimum absolute atomic E-state index is 0.111. The highest BCUT2D eigenvalue weighted by atomic mass is 16.5. The average molecular weight is 351 g/mol. The number of pyridine rings is 1. The van der Waals surface area contributed by atoms with Gasteiger partial charge in [-0.15, -0.1) is 0 Å². The highest BCUT2D eigenvalue weighted by Crippen LogP contribution is 2.30. The smallest absolute Gasteiger partial charge is 0.358 e. The van der Waals surface area contributed by atoms with E-state index in [-0.39, 0.29) is 17.1 Å². The summed E-state index contributed by atoms with van der Waals surface area (Å²) in [5.41, 5.74) is -0.0268. The van der Waals surface area contributed by atoms with Crippen LogP contribution in [0.5, 0.6) is 11.5 Å². The molecular weight excluding hydrogens is 328 g/mol. The lowest BCUT2D eigenvalue weighted by Gasteiger charge is -2.11. The van der Waals surface area contributed by atoms with Crippen molar-refractivity contribution in [3.63, 3.8) is 0 Å². The van der Waals surface area contributed by atoms with E-state index in [1.165, 1.54) is 12.3 Å². The van der Waals surface area contributed by atoms with Crippen LogP contribution in [0.15, 0.2) is 22.9 Å². The molecule has 0 aromatic carbocycles. The molecule has 25 heavy (non-hydrogen) atoms. The molecule has 2 N–H and O–H groups in total. The summed E-state index contributed by atoms with van der Waals surface area (Å²) in [7, 11) is 0. The van der Waals surface area contributed by atoms with Crippen LogP contribution < -0.4 is 14.2 Å². The second kappa shape index (κ2) is 8.91. The number of rotatable bonds is 10. The number of hydrogen-bond acceptors (Lipinski definition) is 6. The van der Waals surface area contributed by atoms with E-state index in [2.05, 4.69) is 19.0 Å². The molecule has 2 heterocycles. The van der Waals surface area contributed by atoms with Crippen LogP contribution in [0.1, 0.15) is 50.0 Å². The van der Waals surface area contributed by atoms with Crippen molar-refractivity contribution in [3.8, 4) is 23.0 Å². The Hall–Kier alpha value is -2.77. The lowest BCUT2D eigenvalue weighted by Crippen LogP contribution is -2.32. The number of aromatic carboxylic acids is 1. The number of ether oxygens (including phenoxy) is 2. The summed E-state index contributed by atoms with van der Waals surface area (Å²) in [6.45, 7) is 5.13. The molecule has 0 unspecified atom stereocenters. The first-order chi connectivity index (χ1) is 12.1. The van der Waals surface area contributed by atoms with E-state index < -0.39 is 5.97 Å². The monoisotopic (exact) mass is 351 g/mol. The van der Waals surface area contributed by atoms with Crippen LogP contribution in [0.3, 0.4) is 0 Å². The molecule has 0 amide bonds. The van der Waals surface area contributed by atoms with Gasteiger partial charge in [0.15, 0.2) is 11.4 Å². The van der Waals surface area contributed by atoms with Gasteiger partial charge >= 0.3 is 11.7 Å². The molecule has 0 spiro atoms. The lowest BCUT2D eigenvalue weighted by molar-refractivity contribution is -0.896. The quantitative estimate of drug-likeness (QED) is 0.385. The van der Waals surface area contributed by atoms with Gasteiger partial charge in [-0.05, 0) is 12.8 Å². The van der Waals surface area contributed by atoms with Crippen molar-refractivity contribution in [2.75, 3.05) is 13.2 Å². The molecule has 0 fully saturated rings. The molecule has 8 heteroatoms. The first-order valence-electron chi connectivity index (χ1n) is 8.31. The molecule has 2 aromatic heterocycles. The number of unbranched alkanes of at least 4 members (excludes halogenated alkanes) is 2. The summed E-state index contributed by atoms with van der Waals surface area (Å²) in [6, 6.07) is 2.78. The van der Waals surface area contributed by atoms with Crippen molar-refractivity contribution in [3.05, 3.63) is 24.0 Å². The van der Waals surface area contributed by atoms with Gasteiger partial charge in [0.25, 0.3) is 6.20 Å². The van der Waals surface area contributed by atoms with Gasteiger partial charge in [0, 0.05) is 10.8 Å². The summed E-state index contributed by atoms with van der Waals surface area (Å²) in [6.07, 6.45) is 5.10. The van der Waals surface area contributed by atoms with Crippen LogP contribution in [0.4, 0.5) is 0 Å². The van der Waals surface area contributed by atoms with Gasteiger partial charge < -0.3 is 19.1 Å². The third-order valence-corrected chi connectivity index (χ3v) is 3.49. The Morgan fingerprint density at radius 2 is 1.80 bits per heavy atom. The molecule has 0 atom stereocenters. The predicted octanol–water partition coefficient (Wildman–Crippen LogP) is 2.92. The van der Waals surface area contributed by atoms with Gasteiger partial charge in [-0.1, -0.05) is 31.8 Å². The lowest BCUT2D eigenvalue weighted by atomic mass is 10.2. The first kappa shape index (κ1) is 18.6. The number of carbonyl (C=O) groups is 1. The zero-order valence-electron chi connectivity index (χ0n) is 14.4. The maximum atomic E-state index is 10.9. The minimum Gasteiger partial charge on any atom is -0.489 e. The molecule has 0 aliphatic heterocycles. The van der Waals surface area contributed by atoms with Crippen molar-refractivity contribution < 1.29 is 33.8 Å². The Labute approximate surface area is 145 Å². The number of hydrogen-bond donors (Lipinski definition) is 2. The predicted molar refractivity (Wildman–Crippen MR) is 87.1 cm³/mol. The Morgan fingerprint density at radius 3 is 2.36 bits per heavy atom. The van der Waals surface area contributed by atoms with Gasteiger partial charge in [0.2, 0.25) is 11.5 Å². The summed E-state index contributed by atoms with van der Waals surface area (Å²) in [5.74, 6) is -0.231. The SMILES string of the molecule is CCCCOc1cc(-c2cc(C(=O)O)no2)[n+](O)cc1OCCCC. The second-order valence-electron chi connectivity index (χ2n) is 5.52. The zero-order valence-corrected chi connectivity index (χ0v) is 14.4. The topological polar surface area (TPSA) is 106 Å². The normalized spacial score (nSPS) is 10.6. The maximum absolute atomic E-state index is 10.9. The molecule has 2 rings (SSSR count). The number of carboxylic acids is 1. The Morgan fingerprint density at radius 1 is 1.16 bits per heavy atom. The number of carboxylic acid groups (broad SMARTS) is 1. The first-order valence-corrected chi connectivity index (χ1v) is 8.31. The van der Waals surface area contributed by atoms with Crippen LogP contribution in [0, 0.1) is 0 Å². The van der Waals surface area contributed by atoms with Crippen molar-refractivity contribution >= 4 is 5.97 Å². The Bertz CT molecular complexity index is 713. The fraction of sp³-hybridized carbons (Fsp3) is 0.471.